The lowest BCUT2D eigenvalue weighted by atomic mass is 9.79. The zero-order chi connectivity index (χ0) is 53.1. The first-order valence-electron chi connectivity index (χ1n) is 31.1. The van der Waals surface area contributed by atoms with Gasteiger partial charge in [-0.25, -0.2) is 0 Å². The van der Waals surface area contributed by atoms with E-state index in [4.69, 9.17) is 71.1 Å². The second-order valence-electron chi connectivity index (χ2n) is 27.8. The van der Waals surface area contributed by atoms with Gasteiger partial charge in [-0.05, 0) is 87.0 Å². The van der Waals surface area contributed by atoms with E-state index < -0.39 is 41.8 Å². The predicted octanol–water partition coefficient (Wildman–Crippen LogP) is 6.03. The fourth-order valence-corrected chi connectivity index (χ4v) is 18.4. The molecule has 16 rings (SSSR count). The fraction of sp³-hybridized carbons (Fsp3) is 0.950. The molecular formula is C60H88O18. The third-order valence-corrected chi connectivity index (χ3v) is 22.2. The molecule has 16 aliphatic heterocycles. The van der Waals surface area contributed by atoms with Crippen LogP contribution in [-0.4, -0.2) is 187 Å². The van der Waals surface area contributed by atoms with Gasteiger partial charge in [0.05, 0.1) is 123 Å². The molecule has 32 atom stereocenters. The number of ether oxygens (including phenoxy) is 15. The standard InChI is InChI=1S/C60H88O18/c1-27-15-34-9-11-38-28(2)16-37(64-38)13-14-58-24-46-54(77-58)55-56(71-46)57(78-58)53-39(69-55)12-10-36(67-53)18-48(63)72-52-32(6)51-43(68-42(52)19-40(65-34)31(27)5)20-41-45(70-51)23-60(73-41)25-47-50(76-60)30(4)22-59(75-47)21-29(3)49-44(74-59)17-35(66-49)8-7-33(62)26-61/h27-30,32-47,49-57,61-62H,5,7-26H2,1-4,6H3/t27-,28?,29+,30+,32+,33-,34?,35-,36?,37?,38+,39+,40?,41-,42+,43+,44?,45-,46-,47?,49?,50?,51+,52?,53+,54-,55?,56?,57?,58+,59-,60-/m1/s1. The van der Waals surface area contributed by atoms with Crippen LogP contribution in [0.3, 0.4) is 0 Å². The molecule has 78 heavy (non-hydrogen) atoms. The number of hydrogen-bond donors (Lipinski definition) is 2. The van der Waals surface area contributed by atoms with E-state index in [2.05, 4.69) is 41.2 Å². The Morgan fingerprint density at radius 3 is 2.04 bits per heavy atom. The Balaban J connectivity index is 0.656. The maximum absolute atomic E-state index is 14.6. The zero-order valence-electron chi connectivity index (χ0n) is 46.5. The van der Waals surface area contributed by atoms with Crippen molar-refractivity contribution in [2.75, 3.05) is 6.61 Å². The van der Waals surface area contributed by atoms with E-state index in [1.165, 1.54) is 0 Å². The molecule has 12 bridgehead atoms. The van der Waals surface area contributed by atoms with Crippen LogP contribution in [0.4, 0.5) is 0 Å². The predicted molar refractivity (Wildman–Crippen MR) is 272 cm³/mol. The normalized spacial score (nSPS) is 58.3. The van der Waals surface area contributed by atoms with Gasteiger partial charge in [0.2, 0.25) is 0 Å². The van der Waals surface area contributed by atoms with Crippen molar-refractivity contribution in [3.05, 3.63) is 12.2 Å². The molecular weight excluding hydrogens is 1010 g/mol. The number of hydrogen-bond acceptors (Lipinski definition) is 18. The molecule has 16 heterocycles. The third kappa shape index (κ3) is 9.28. The molecule has 0 aromatic heterocycles. The quantitative estimate of drug-likeness (QED) is 0.244. The van der Waals surface area contributed by atoms with Crippen LogP contribution in [0.15, 0.2) is 12.2 Å². The summed E-state index contributed by atoms with van der Waals surface area (Å²) in [6.07, 6.45) is 7.39. The number of aliphatic hydroxyl groups excluding tert-OH is 2. The Morgan fingerprint density at radius 2 is 1.18 bits per heavy atom. The maximum atomic E-state index is 14.6. The highest BCUT2D eigenvalue weighted by Crippen LogP contribution is 2.58. The minimum atomic E-state index is -0.881. The minimum absolute atomic E-state index is 0.0270. The lowest BCUT2D eigenvalue weighted by Crippen LogP contribution is -2.62. The molecule has 0 aromatic carbocycles. The largest absolute Gasteiger partial charge is 0.459 e. The zero-order valence-corrected chi connectivity index (χ0v) is 46.5. The van der Waals surface area contributed by atoms with Gasteiger partial charge >= 0.3 is 5.97 Å². The Bertz CT molecular complexity index is 2260. The van der Waals surface area contributed by atoms with Crippen LogP contribution in [0, 0.1) is 29.6 Å². The second-order valence-corrected chi connectivity index (χ2v) is 27.8. The smallest absolute Gasteiger partial charge is 0.308 e. The van der Waals surface area contributed by atoms with E-state index in [-0.39, 0.29) is 165 Å². The van der Waals surface area contributed by atoms with E-state index in [0.29, 0.717) is 70.1 Å². The first-order valence-corrected chi connectivity index (χ1v) is 31.1. The lowest BCUT2D eigenvalue weighted by Gasteiger charge is -2.51. The average Bonchev–Trinajstić information content (AvgIpc) is 4.44. The number of fused-ring (bicyclic) bond motifs is 10. The van der Waals surface area contributed by atoms with Gasteiger partial charge in [0, 0.05) is 63.7 Å². The van der Waals surface area contributed by atoms with Gasteiger partial charge in [0.1, 0.15) is 36.6 Å². The molecule has 16 saturated heterocycles. The highest BCUT2D eigenvalue weighted by Gasteiger charge is 2.70. The van der Waals surface area contributed by atoms with E-state index in [9.17, 15) is 15.0 Å². The van der Waals surface area contributed by atoms with Gasteiger partial charge < -0.3 is 81.3 Å². The summed E-state index contributed by atoms with van der Waals surface area (Å²) in [5.74, 6) is -1.90. The summed E-state index contributed by atoms with van der Waals surface area (Å²) < 4.78 is 104. The summed E-state index contributed by atoms with van der Waals surface area (Å²) in [5.41, 5.74) is 1.06. The van der Waals surface area contributed by atoms with Crippen LogP contribution in [-0.2, 0) is 75.8 Å². The molecule has 3 spiro atoms. The third-order valence-electron chi connectivity index (χ3n) is 22.2. The molecule has 18 heteroatoms. The second kappa shape index (κ2) is 20.1. The van der Waals surface area contributed by atoms with Gasteiger partial charge in [0.15, 0.2) is 17.4 Å². The monoisotopic (exact) mass is 1100 g/mol. The summed E-state index contributed by atoms with van der Waals surface area (Å²) in [6, 6.07) is 0. The molecule has 0 aliphatic carbocycles. The first-order chi connectivity index (χ1) is 37.6. The van der Waals surface area contributed by atoms with Crippen molar-refractivity contribution in [2.45, 2.75) is 320 Å². The number of carbonyl (C=O) groups is 1. The molecule has 0 amide bonds. The van der Waals surface area contributed by atoms with Gasteiger partial charge in [-0.1, -0.05) is 41.2 Å². The molecule has 0 aromatic rings. The number of carbonyl (C=O) groups excluding carboxylic acids is 1. The molecule has 436 valence electrons. The van der Waals surface area contributed by atoms with Crippen LogP contribution >= 0.6 is 0 Å². The summed E-state index contributed by atoms with van der Waals surface area (Å²) in [4.78, 5) is 14.6. The van der Waals surface area contributed by atoms with Crippen LogP contribution in [0.2, 0.25) is 0 Å². The van der Waals surface area contributed by atoms with Gasteiger partial charge in [-0.15, -0.1) is 0 Å². The summed E-state index contributed by atoms with van der Waals surface area (Å²) in [6.45, 7) is 15.6. The van der Waals surface area contributed by atoms with Crippen molar-refractivity contribution in [3.8, 4) is 0 Å². The minimum Gasteiger partial charge on any atom is -0.459 e. The van der Waals surface area contributed by atoms with Crippen molar-refractivity contribution in [1.29, 1.82) is 0 Å². The van der Waals surface area contributed by atoms with Crippen molar-refractivity contribution in [1.82, 2.24) is 0 Å². The average molecular weight is 1100 g/mol. The Labute approximate surface area is 459 Å². The highest BCUT2D eigenvalue weighted by atomic mass is 16.8. The van der Waals surface area contributed by atoms with Crippen LogP contribution in [0.5, 0.6) is 0 Å². The van der Waals surface area contributed by atoms with E-state index >= 15 is 0 Å². The van der Waals surface area contributed by atoms with Crippen LogP contribution < -0.4 is 0 Å². The molecule has 18 nitrogen and oxygen atoms in total. The molecule has 16 fully saturated rings. The Morgan fingerprint density at radius 1 is 0.500 bits per heavy atom. The van der Waals surface area contributed by atoms with Crippen LogP contribution in [0.1, 0.15) is 157 Å². The van der Waals surface area contributed by atoms with Gasteiger partial charge in [0.25, 0.3) is 0 Å². The summed E-state index contributed by atoms with van der Waals surface area (Å²) >= 11 is 0. The number of rotatable bonds is 4. The maximum Gasteiger partial charge on any atom is 0.308 e. The SMILES string of the molecule is C=C1C2C[C@@H]3O[C@H]4C[C@H]5O[C@]6(CC7O[C@]8(C[C@H](C)C9O[C@H](CC[C@@H](O)CO)CC9O8)C[C@H](C)C7O6)C[C@H]5O[C@H]4[C@H](C)C3OC(=O)CC3CC[C@@H]4OC5C6O[C@@H]7C[C@](CCC8CC(C)[C@H](CCC(C[C@H]1C)O2)O8)(OC6[C@H]4O3)O[C@@H]57. The van der Waals surface area contributed by atoms with Crippen LogP contribution in [0.25, 0.3) is 0 Å². The fourth-order valence-electron chi connectivity index (χ4n) is 18.4. The summed E-state index contributed by atoms with van der Waals surface area (Å²) in [7, 11) is 0. The molecule has 13 unspecified atom stereocenters. The Kier molecular flexibility index (Phi) is 13.7. The molecule has 16 aliphatic rings. The number of aliphatic hydroxyl groups is 2. The first kappa shape index (κ1) is 53.3. The molecule has 0 radical (unpaired) electrons. The molecule has 2 N–H and O–H groups in total. The summed E-state index contributed by atoms with van der Waals surface area (Å²) in [5, 5.41) is 19.4. The van der Waals surface area contributed by atoms with E-state index in [1.807, 2.05) is 0 Å². The topological polar surface area (TPSA) is 196 Å². The number of esters is 1. The molecule has 0 saturated carbocycles. The van der Waals surface area contributed by atoms with Crippen molar-refractivity contribution in [3.63, 3.8) is 0 Å². The van der Waals surface area contributed by atoms with E-state index in [0.717, 1.165) is 56.9 Å². The lowest BCUT2D eigenvalue weighted by molar-refractivity contribution is -0.347. The van der Waals surface area contributed by atoms with Crippen molar-refractivity contribution >= 4 is 5.97 Å². The van der Waals surface area contributed by atoms with Gasteiger partial charge in [-0.2, -0.15) is 0 Å². The van der Waals surface area contributed by atoms with E-state index in [1.54, 1.807) is 0 Å². The van der Waals surface area contributed by atoms with Crippen molar-refractivity contribution < 1.29 is 86.1 Å². The highest BCUT2D eigenvalue weighted by molar-refractivity contribution is 5.70. The van der Waals surface area contributed by atoms with Gasteiger partial charge in [-0.3, -0.25) is 4.79 Å². The van der Waals surface area contributed by atoms with Crippen molar-refractivity contribution in [2.24, 2.45) is 29.6 Å². The Hall–Kier alpha value is -1.43.